The summed E-state index contributed by atoms with van der Waals surface area (Å²) in [4.78, 5) is 13.0. The number of carbonyl (C=O) groups excluding carboxylic acids is 1. The Bertz CT molecular complexity index is 1260. The van der Waals surface area contributed by atoms with Crippen molar-refractivity contribution in [2.45, 2.75) is 31.2 Å². The highest BCUT2D eigenvalue weighted by molar-refractivity contribution is 8.00. The summed E-state index contributed by atoms with van der Waals surface area (Å²) in [6, 6.07) is 17.5. The predicted octanol–water partition coefficient (Wildman–Crippen LogP) is 4.41. The van der Waals surface area contributed by atoms with Crippen LogP contribution in [0, 0.1) is 13.8 Å². The summed E-state index contributed by atoms with van der Waals surface area (Å²) in [7, 11) is 3.50. The smallest absolute Gasteiger partial charge is 0.237 e. The molecule has 8 nitrogen and oxygen atoms in total. The van der Waals surface area contributed by atoms with Gasteiger partial charge >= 0.3 is 0 Å². The average Bonchev–Trinajstić information content (AvgIpc) is 3.35. The van der Waals surface area contributed by atoms with E-state index in [9.17, 15) is 4.79 Å². The van der Waals surface area contributed by atoms with Gasteiger partial charge in [0.25, 0.3) is 0 Å². The predicted molar refractivity (Wildman–Crippen MR) is 130 cm³/mol. The molecular formula is C24H26N6O2S. The standard InChI is InChI=1S/C24H26N6O2S/c1-15-21(16(2)29(4)28-15)25-23(31)17(3)33-24-27-26-22(18-11-13-20(32-5)14-12-18)30(24)19-9-7-6-8-10-19/h6-14,17H,1-5H3,(H,25,31). The van der Waals surface area contributed by atoms with Gasteiger partial charge in [-0.05, 0) is 57.2 Å². The molecule has 0 fully saturated rings. The lowest BCUT2D eigenvalue weighted by molar-refractivity contribution is -0.115. The Hall–Kier alpha value is -3.59. The van der Waals surface area contributed by atoms with Gasteiger partial charge in [0.2, 0.25) is 5.91 Å². The highest BCUT2D eigenvalue weighted by Gasteiger charge is 2.23. The molecule has 170 valence electrons. The third-order valence-corrected chi connectivity index (χ3v) is 6.45. The number of ether oxygens (including phenoxy) is 1. The molecule has 9 heteroatoms. The van der Waals surface area contributed by atoms with E-state index in [1.165, 1.54) is 11.8 Å². The normalized spacial score (nSPS) is 11.9. The molecular weight excluding hydrogens is 436 g/mol. The first-order chi connectivity index (χ1) is 15.9. The number of hydrogen-bond donors (Lipinski definition) is 1. The van der Waals surface area contributed by atoms with E-state index in [1.807, 2.05) is 87.0 Å². The minimum absolute atomic E-state index is 0.118. The number of aryl methyl sites for hydroxylation is 2. The van der Waals surface area contributed by atoms with Crippen LogP contribution in [0.3, 0.4) is 0 Å². The van der Waals surface area contributed by atoms with Crippen LogP contribution in [0.4, 0.5) is 5.69 Å². The van der Waals surface area contributed by atoms with Crippen molar-refractivity contribution in [1.82, 2.24) is 24.5 Å². The number of anilines is 1. The summed E-state index contributed by atoms with van der Waals surface area (Å²) in [5, 5.41) is 16.5. The zero-order valence-corrected chi connectivity index (χ0v) is 20.1. The van der Waals surface area contributed by atoms with Crippen LogP contribution in [0.2, 0.25) is 0 Å². The maximum absolute atomic E-state index is 13.0. The van der Waals surface area contributed by atoms with Crippen molar-refractivity contribution in [3.63, 3.8) is 0 Å². The number of nitrogens with zero attached hydrogens (tertiary/aromatic N) is 5. The summed E-state index contributed by atoms with van der Waals surface area (Å²) in [6.45, 7) is 5.67. The lowest BCUT2D eigenvalue weighted by Crippen LogP contribution is -2.23. The molecule has 2 aromatic carbocycles. The van der Waals surface area contributed by atoms with E-state index in [4.69, 9.17) is 4.74 Å². The summed E-state index contributed by atoms with van der Waals surface area (Å²) < 4.78 is 9.00. The fraction of sp³-hybridized carbons (Fsp3) is 0.250. The molecule has 1 amide bonds. The Morgan fingerprint density at radius 1 is 1.06 bits per heavy atom. The number of para-hydroxylation sites is 1. The minimum atomic E-state index is -0.403. The summed E-state index contributed by atoms with van der Waals surface area (Å²) >= 11 is 1.36. The molecule has 2 heterocycles. The molecule has 0 spiro atoms. The Labute approximate surface area is 197 Å². The summed E-state index contributed by atoms with van der Waals surface area (Å²) in [5.41, 5.74) is 4.26. The van der Waals surface area contributed by atoms with Crippen molar-refractivity contribution in [2.75, 3.05) is 12.4 Å². The Morgan fingerprint density at radius 3 is 2.36 bits per heavy atom. The molecule has 0 aliphatic rings. The van der Waals surface area contributed by atoms with E-state index >= 15 is 0 Å². The van der Waals surface area contributed by atoms with E-state index in [0.717, 1.165) is 34.1 Å². The molecule has 0 aliphatic carbocycles. The molecule has 0 saturated carbocycles. The van der Waals surface area contributed by atoms with Crippen LogP contribution in [0.5, 0.6) is 5.75 Å². The van der Waals surface area contributed by atoms with Gasteiger partial charge in [0.1, 0.15) is 5.75 Å². The van der Waals surface area contributed by atoms with Crippen molar-refractivity contribution in [1.29, 1.82) is 0 Å². The van der Waals surface area contributed by atoms with Gasteiger partial charge in [-0.1, -0.05) is 30.0 Å². The van der Waals surface area contributed by atoms with Gasteiger partial charge < -0.3 is 10.1 Å². The Kier molecular flexibility index (Phi) is 6.50. The van der Waals surface area contributed by atoms with Gasteiger partial charge in [0.05, 0.1) is 29.4 Å². The van der Waals surface area contributed by atoms with Crippen LogP contribution in [0.1, 0.15) is 18.3 Å². The number of rotatable bonds is 7. The highest BCUT2D eigenvalue weighted by Crippen LogP contribution is 2.31. The third-order valence-electron chi connectivity index (χ3n) is 5.40. The van der Waals surface area contributed by atoms with Crippen molar-refractivity contribution in [3.8, 4) is 22.8 Å². The topological polar surface area (TPSA) is 86.9 Å². The van der Waals surface area contributed by atoms with Crippen LogP contribution >= 0.6 is 11.8 Å². The van der Waals surface area contributed by atoms with E-state index in [0.29, 0.717) is 11.0 Å². The van der Waals surface area contributed by atoms with Gasteiger partial charge in [-0.3, -0.25) is 14.0 Å². The number of carbonyl (C=O) groups is 1. The van der Waals surface area contributed by atoms with Crippen LogP contribution in [0.15, 0.2) is 59.8 Å². The molecule has 0 aliphatic heterocycles. The Morgan fingerprint density at radius 2 is 1.76 bits per heavy atom. The van der Waals surface area contributed by atoms with Crippen LogP contribution < -0.4 is 10.1 Å². The zero-order valence-electron chi connectivity index (χ0n) is 19.2. The monoisotopic (exact) mass is 462 g/mol. The van der Waals surface area contributed by atoms with E-state index < -0.39 is 5.25 Å². The molecule has 4 rings (SSSR count). The third kappa shape index (κ3) is 4.63. The van der Waals surface area contributed by atoms with Gasteiger partial charge in [-0.2, -0.15) is 5.10 Å². The maximum Gasteiger partial charge on any atom is 0.237 e. The van der Waals surface area contributed by atoms with Gasteiger partial charge in [0, 0.05) is 18.3 Å². The molecule has 0 bridgehead atoms. The molecule has 2 aromatic heterocycles. The number of methoxy groups -OCH3 is 1. The highest BCUT2D eigenvalue weighted by atomic mass is 32.2. The minimum Gasteiger partial charge on any atom is -0.497 e. The van der Waals surface area contributed by atoms with Crippen molar-refractivity contribution in [2.24, 2.45) is 7.05 Å². The first kappa shape index (κ1) is 22.6. The second kappa shape index (κ2) is 9.50. The maximum atomic E-state index is 13.0. The lowest BCUT2D eigenvalue weighted by atomic mass is 10.2. The van der Waals surface area contributed by atoms with Gasteiger partial charge in [-0.15, -0.1) is 10.2 Å². The zero-order chi connectivity index (χ0) is 23.5. The van der Waals surface area contributed by atoms with Gasteiger partial charge in [0.15, 0.2) is 11.0 Å². The molecule has 1 N–H and O–H groups in total. The molecule has 4 aromatic rings. The van der Waals surface area contributed by atoms with Crippen LogP contribution in [0.25, 0.3) is 17.1 Å². The first-order valence-electron chi connectivity index (χ1n) is 10.5. The number of aromatic nitrogens is 5. The Balaban J connectivity index is 1.64. The fourth-order valence-corrected chi connectivity index (χ4v) is 4.34. The second-order valence-electron chi connectivity index (χ2n) is 7.62. The number of hydrogen-bond acceptors (Lipinski definition) is 6. The van der Waals surface area contributed by atoms with Crippen molar-refractivity contribution >= 4 is 23.4 Å². The molecule has 1 unspecified atom stereocenters. The molecule has 0 radical (unpaired) electrons. The molecule has 33 heavy (non-hydrogen) atoms. The first-order valence-corrected chi connectivity index (χ1v) is 11.4. The molecule has 1 atom stereocenters. The SMILES string of the molecule is COc1ccc(-c2nnc(SC(C)C(=O)Nc3c(C)nn(C)c3C)n2-c2ccccc2)cc1. The largest absolute Gasteiger partial charge is 0.497 e. The second-order valence-corrected chi connectivity index (χ2v) is 8.93. The summed E-state index contributed by atoms with van der Waals surface area (Å²) in [5.74, 6) is 1.34. The number of amides is 1. The van der Waals surface area contributed by atoms with Crippen molar-refractivity contribution in [3.05, 3.63) is 66.0 Å². The van der Waals surface area contributed by atoms with Crippen LogP contribution in [-0.4, -0.2) is 42.8 Å². The van der Waals surface area contributed by atoms with Crippen molar-refractivity contribution < 1.29 is 9.53 Å². The number of nitrogens with one attached hydrogen (secondary N) is 1. The van der Waals surface area contributed by atoms with Crippen LogP contribution in [-0.2, 0) is 11.8 Å². The average molecular weight is 463 g/mol. The number of benzene rings is 2. The summed E-state index contributed by atoms with van der Waals surface area (Å²) in [6.07, 6.45) is 0. The lowest BCUT2D eigenvalue weighted by Gasteiger charge is -2.14. The molecule has 0 saturated heterocycles. The quantitative estimate of drug-likeness (QED) is 0.409. The van der Waals surface area contributed by atoms with E-state index in [-0.39, 0.29) is 5.91 Å². The fourth-order valence-electron chi connectivity index (χ4n) is 3.47. The van der Waals surface area contributed by atoms with E-state index in [1.54, 1.807) is 11.8 Å². The number of thioether (sulfide) groups is 1. The van der Waals surface area contributed by atoms with E-state index in [2.05, 4.69) is 20.6 Å². The van der Waals surface area contributed by atoms with Gasteiger partial charge in [-0.25, -0.2) is 0 Å².